The van der Waals surface area contributed by atoms with Gasteiger partial charge in [-0.3, -0.25) is 4.79 Å². The van der Waals surface area contributed by atoms with Crippen LogP contribution in [0.4, 0.5) is 13.2 Å². The number of amides is 1. The lowest BCUT2D eigenvalue weighted by atomic mass is 10.1. The molecule has 8 heteroatoms. The third kappa shape index (κ3) is 6.32. The molecule has 2 aromatic rings. The van der Waals surface area contributed by atoms with E-state index in [0.717, 1.165) is 17.7 Å². The zero-order valence-electron chi connectivity index (χ0n) is 14.8. The third-order valence-corrected chi connectivity index (χ3v) is 3.72. The summed E-state index contributed by atoms with van der Waals surface area (Å²) in [4.78, 5) is 15.6. The summed E-state index contributed by atoms with van der Waals surface area (Å²) in [6.45, 7) is 3.18. The van der Waals surface area contributed by atoms with Crippen LogP contribution in [0.25, 0.3) is 0 Å². The Morgan fingerprint density at radius 2 is 1.78 bits per heavy atom. The average Bonchev–Trinajstić information content (AvgIpc) is 2.64. The SMILES string of the molecule is CCNC(=NCc1cccc(C(N)=O)c1)NCc1ccc(C(F)(F)F)cc1. The average molecular weight is 378 g/mol. The molecule has 0 radical (unpaired) electrons. The van der Waals surface area contributed by atoms with E-state index in [-0.39, 0.29) is 0 Å². The standard InChI is InChI=1S/C19H21F3N4O/c1-2-24-18(26-12-14-4-3-5-15(10-14)17(23)27)25-11-13-6-8-16(9-7-13)19(20,21)22/h3-10H,2,11-12H2,1H3,(H2,23,27)(H2,24,25,26). The number of carbonyl (C=O) groups excluding carboxylic acids is 1. The summed E-state index contributed by atoms with van der Waals surface area (Å²) in [6, 6.07) is 11.8. The van der Waals surface area contributed by atoms with Crippen LogP contribution in [0.3, 0.4) is 0 Å². The quantitative estimate of drug-likeness (QED) is 0.534. The van der Waals surface area contributed by atoms with Crippen molar-refractivity contribution in [1.82, 2.24) is 10.6 Å². The Balaban J connectivity index is 2.01. The van der Waals surface area contributed by atoms with Crippen molar-refractivity contribution in [2.75, 3.05) is 6.54 Å². The minimum Gasteiger partial charge on any atom is -0.366 e. The predicted octanol–water partition coefficient (Wildman–Crippen LogP) is 3.06. The number of aliphatic imine (C=N–C) groups is 1. The number of rotatable bonds is 6. The van der Waals surface area contributed by atoms with E-state index in [1.54, 1.807) is 18.2 Å². The van der Waals surface area contributed by atoms with Crippen molar-refractivity contribution in [3.8, 4) is 0 Å². The fraction of sp³-hybridized carbons (Fsp3) is 0.263. The molecule has 0 aliphatic heterocycles. The highest BCUT2D eigenvalue weighted by molar-refractivity contribution is 5.92. The van der Waals surface area contributed by atoms with Crippen LogP contribution in [-0.4, -0.2) is 18.4 Å². The van der Waals surface area contributed by atoms with Crippen molar-refractivity contribution >= 4 is 11.9 Å². The lowest BCUT2D eigenvalue weighted by Gasteiger charge is -2.12. The zero-order valence-corrected chi connectivity index (χ0v) is 14.8. The van der Waals surface area contributed by atoms with Crippen LogP contribution < -0.4 is 16.4 Å². The van der Waals surface area contributed by atoms with Gasteiger partial charge in [-0.2, -0.15) is 13.2 Å². The number of guanidine groups is 1. The van der Waals surface area contributed by atoms with Crippen molar-refractivity contribution in [2.24, 2.45) is 10.7 Å². The van der Waals surface area contributed by atoms with Gasteiger partial charge in [0.15, 0.2) is 5.96 Å². The van der Waals surface area contributed by atoms with Gasteiger partial charge in [0.1, 0.15) is 0 Å². The maximum atomic E-state index is 12.6. The molecule has 2 aromatic carbocycles. The first-order chi connectivity index (χ1) is 12.8. The molecule has 2 rings (SSSR count). The number of nitrogens with one attached hydrogen (secondary N) is 2. The number of carbonyl (C=O) groups is 1. The van der Waals surface area contributed by atoms with E-state index in [1.165, 1.54) is 12.1 Å². The van der Waals surface area contributed by atoms with Gasteiger partial charge in [0.2, 0.25) is 5.91 Å². The summed E-state index contributed by atoms with van der Waals surface area (Å²) < 4.78 is 37.8. The molecule has 4 N–H and O–H groups in total. The molecule has 0 fully saturated rings. The minimum absolute atomic E-state index is 0.323. The molecule has 144 valence electrons. The van der Waals surface area contributed by atoms with Crippen molar-refractivity contribution in [3.63, 3.8) is 0 Å². The third-order valence-electron chi connectivity index (χ3n) is 3.72. The van der Waals surface area contributed by atoms with E-state index < -0.39 is 17.6 Å². The van der Waals surface area contributed by atoms with Gasteiger partial charge >= 0.3 is 6.18 Å². The number of nitrogens with two attached hydrogens (primary N) is 1. The van der Waals surface area contributed by atoms with E-state index >= 15 is 0 Å². The summed E-state index contributed by atoms with van der Waals surface area (Å²) in [6.07, 6.45) is -4.35. The number of nitrogens with zero attached hydrogens (tertiary/aromatic N) is 1. The maximum Gasteiger partial charge on any atom is 0.416 e. The number of hydrogen-bond acceptors (Lipinski definition) is 2. The molecule has 27 heavy (non-hydrogen) atoms. The van der Waals surface area contributed by atoms with Crippen LogP contribution in [0, 0.1) is 0 Å². The predicted molar refractivity (Wildman–Crippen MR) is 98.1 cm³/mol. The lowest BCUT2D eigenvalue weighted by Crippen LogP contribution is -2.36. The molecule has 0 atom stereocenters. The molecule has 0 saturated carbocycles. The Labute approximate surface area is 155 Å². The number of benzene rings is 2. The van der Waals surface area contributed by atoms with Crippen molar-refractivity contribution in [3.05, 3.63) is 70.8 Å². The van der Waals surface area contributed by atoms with Crippen LogP contribution in [0.1, 0.15) is 34.0 Å². The first kappa shape index (κ1) is 20.3. The Hall–Kier alpha value is -3.03. The van der Waals surface area contributed by atoms with Gasteiger partial charge in [-0.25, -0.2) is 4.99 Å². The second kappa shape index (κ2) is 9.07. The fourth-order valence-corrected chi connectivity index (χ4v) is 2.33. The Morgan fingerprint density at radius 3 is 2.37 bits per heavy atom. The zero-order chi connectivity index (χ0) is 19.9. The first-order valence-electron chi connectivity index (χ1n) is 8.36. The maximum absolute atomic E-state index is 12.6. The molecule has 0 heterocycles. The number of alkyl halides is 3. The van der Waals surface area contributed by atoms with Gasteiger partial charge < -0.3 is 16.4 Å². The highest BCUT2D eigenvalue weighted by Gasteiger charge is 2.29. The largest absolute Gasteiger partial charge is 0.416 e. The van der Waals surface area contributed by atoms with Crippen LogP contribution in [0.5, 0.6) is 0 Å². The molecule has 0 saturated heterocycles. The topological polar surface area (TPSA) is 79.5 Å². The van der Waals surface area contributed by atoms with Gasteiger partial charge in [-0.1, -0.05) is 24.3 Å². The fourth-order valence-electron chi connectivity index (χ4n) is 2.33. The second-order valence-corrected chi connectivity index (χ2v) is 5.81. The summed E-state index contributed by atoms with van der Waals surface area (Å²) in [5.74, 6) is 0.00930. The van der Waals surface area contributed by atoms with E-state index in [9.17, 15) is 18.0 Å². The summed E-state index contributed by atoms with van der Waals surface area (Å²) in [5, 5.41) is 6.13. The van der Waals surface area contributed by atoms with E-state index in [1.807, 2.05) is 13.0 Å². The van der Waals surface area contributed by atoms with Gasteiger partial charge in [-0.15, -0.1) is 0 Å². The Morgan fingerprint density at radius 1 is 1.07 bits per heavy atom. The highest BCUT2D eigenvalue weighted by Crippen LogP contribution is 2.29. The molecular formula is C19H21F3N4O. The lowest BCUT2D eigenvalue weighted by molar-refractivity contribution is -0.137. The summed E-state index contributed by atoms with van der Waals surface area (Å²) in [5.41, 5.74) is 6.51. The highest BCUT2D eigenvalue weighted by atomic mass is 19.4. The normalized spacial score (nSPS) is 11.9. The summed E-state index contributed by atoms with van der Waals surface area (Å²) in [7, 11) is 0. The number of hydrogen-bond donors (Lipinski definition) is 3. The molecule has 0 spiro atoms. The molecule has 0 aliphatic carbocycles. The van der Waals surface area contributed by atoms with Crippen molar-refractivity contribution in [2.45, 2.75) is 26.2 Å². The number of primary amides is 1. The van der Waals surface area contributed by atoms with Crippen LogP contribution in [-0.2, 0) is 19.3 Å². The molecule has 1 amide bonds. The molecule has 0 unspecified atom stereocenters. The summed E-state index contributed by atoms with van der Waals surface area (Å²) >= 11 is 0. The first-order valence-corrected chi connectivity index (χ1v) is 8.36. The smallest absolute Gasteiger partial charge is 0.366 e. The van der Waals surface area contributed by atoms with Gasteiger partial charge in [-0.05, 0) is 42.3 Å². The monoisotopic (exact) mass is 378 g/mol. The van der Waals surface area contributed by atoms with Gasteiger partial charge in [0, 0.05) is 18.7 Å². The molecule has 0 aromatic heterocycles. The molecular weight excluding hydrogens is 357 g/mol. The second-order valence-electron chi connectivity index (χ2n) is 5.81. The van der Waals surface area contributed by atoms with Crippen LogP contribution in [0.2, 0.25) is 0 Å². The van der Waals surface area contributed by atoms with E-state index in [0.29, 0.717) is 36.7 Å². The Kier molecular flexibility index (Phi) is 6.81. The minimum atomic E-state index is -4.35. The van der Waals surface area contributed by atoms with Gasteiger partial charge in [0.05, 0.1) is 12.1 Å². The van der Waals surface area contributed by atoms with Crippen molar-refractivity contribution in [1.29, 1.82) is 0 Å². The van der Waals surface area contributed by atoms with Crippen LogP contribution >= 0.6 is 0 Å². The van der Waals surface area contributed by atoms with Crippen molar-refractivity contribution < 1.29 is 18.0 Å². The van der Waals surface area contributed by atoms with E-state index in [2.05, 4.69) is 15.6 Å². The molecule has 5 nitrogen and oxygen atoms in total. The molecule has 0 aliphatic rings. The number of halogens is 3. The van der Waals surface area contributed by atoms with Gasteiger partial charge in [0.25, 0.3) is 0 Å². The van der Waals surface area contributed by atoms with Crippen LogP contribution in [0.15, 0.2) is 53.5 Å². The van der Waals surface area contributed by atoms with E-state index in [4.69, 9.17) is 5.73 Å². The Bertz CT molecular complexity index is 801. The molecule has 0 bridgehead atoms.